The van der Waals surface area contributed by atoms with Crippen molar-refractivity contribution in [3.8, 4) is 0 Å². The molecule has 0 aliphatic heterocycles. The van der Waals surface area contributed by atoms with E-state index in [1.165, 1.54) is 0 Å². The van der Waals surface area contributed by atoms with Gasteiger partial charge in [0.15, 0.2) is 0 Å². The van der Waals surface area contributed by atoms with Gasteiger partial charge in [-0.15, -0.1) is 0 Å². The molecule has 0 aliphatic carbocycles. The second kappa shape index (κ2) is 7.40. The van der Waals surface area contributed by atoms with Crippen molar-refractivity contribution >= 4 is 33.2 Å². The van der Waals surface area contributed by atoms with Gasteiger partial charge in [0.2, 0.25) is 0 Å². The molecule has 1 aromatic heterocycles. The van der Waals surface area contributed by atoms with Crippen molar-refractivity contribution in [2.45, 2.75) is 33.2 Å². The SMILES string of the molecule is CCC(C)Nc1ccnc(C(=O)Nc2ccc(C)cc2Br)c1. The van der Waals surface area contributed by atoms with Crippen molar-refractivity contribution in [2.75, 3.05) is 10.6 Å². The minimum absolute atomic E-state index is 0.225. The highest BCUT2D eigenvalue weighted by molar-refractivity contribution is 9.10. The molecule has 1 heterocycles. The number of halogens is 1. The Bertz CT molecular complexity index is 673. The number of pyridine rings is 1. The molecule has 2 rings (SSSR count). The Balaban J connectivity index is 2.14. The van der Waals surface area contributed by atoms with Crippen molar-refractivity contribution in [1.82, 2.24) is 4.98 Å². The van der Waals surface area contributed by atoms with E-state index in [9.17, 15) is 4.79 Å². The van der Waals surface area contributed by atoms with E-state index in [1.807, 2.05) is 31.2 Å². The molecule has 0 spiro atoms. The number of nitrogens with zero attached hydrogens (tertiary/aromatic N) is 1. The predicted molar refractivity (Wildman–Crippen MR) is 94.4 cm³/mol. The zero-order valence-electron chi connectivity index (χ0n) is 13.0. The van der Waals surface area contributed by atoms with Gasteiger partial charge in [0, 0.05) is 22.4 Å². The van der Waals surface area contributed by atoms with Crippen LogP contribution in [-0.2, 0) is 0 Å². The van der Waals surface area contributed by atoms with Crippen LogP contribution in [0.25, 0.3) is 0 Å². The van der Waals surface area contributed by atoms with E-state index in [2.05, 4.69) is 45.4 Å². The van der Waals surface area contributed by atoms with Crippen LogP contribution >= 0.6 is 15.9 Å². The van der Waals surface area contributed by atoms with Crippen LogP contribution in [-0.4, -0.2) is 16.9 Å². The normalized spacial score (nSPS) is 11.8. The quantitative estimate of drug-likeness (QED) is 0.816. The number of nitrogens with one attached hydrogen (secondary N) is 2. The van der Waals surface area contributed by atoms with Crippen LogP contribution in [0.1, 0.15) is 36.3 Å². The number of hydrogen-bond acceptors (Lipinski definition) is 3. The van der Waals surface area contributed by atoms with E-state index in [-0.39, 0.29) is 5.91 Å². The number of aryl methyl sites for hydroxylation is 1. The minimum atomic E-state index is -0.225. The van der Waals surface area contributed by atoms with E-state index in [0.717, 1.165) is 27.8 Å². The molecule has 0 saturated heterocycles. The van der Waals surface area contributed by atoms with Gasteiger partial charge >= 0.3 is 0 Å². The molecular formula is C17H20BrN3O. The molecule has 116 valence electrons. The van der Waals surface area contributed by atoms with Crippen LogP contribution in [0.2, 0.25) is 0 Å². The van der Waals surface area contributed by atoms with E-state index < -0.39 is 0 Å². The van der Waals surface area contributed by atoms with Gasteiger partial charge < -0.3 is 10.6 Å². The smallest absolute Gasteiger partial charge is 0.274 e. The number of hydrogen-bond donors (Lipinski definition) is 2. The van der Waals surface area contributed by atoms with E-state index >= 15 is 0 Å². The largest absolute Gasteiger partial charge is 0.382 e. The van der Waals surface area contributed by atoms with Gasteiger partial charge in [0.25, 0.3) is 5.91 Å². The molecule has 1 amide bonds. The zero-order chi connectivity index (χ0) is 16.1. The lowest BCUT2D eigenvalue weighted by Gasteiger charge is -2.13. The summed E-state index contributed by atoms with van der Waals surface area (Å²) in [5, 5.41) is 6.21. The standard InChI is InChI=1S/C17H20BrN3O/c1-4-12(3)20-13-7-8-19-16(10-13)17(22)21-15-6-5-11(2)9-14(15)18/h5-10,12H,4H2,1-3H3,(H,19,20)(H,21,22). The molecule has 0 bridgehead atoms. The average Bonchev–Trinajstić information content (AvgIpc) is 2.50. The Morgan fingerprint density at radius 1 is 1.32 bits per heavy atom. The lowest BCUT2D eigenvalue weighted by atomic mass is 10.2. The first-order chi connectivity index (χ1) is 10.5. The van der Waals surface area contributed by atoms with Crippen LogP contribution in [0.3, 0.4) is 0 Å². The van der Waals surface area contributed by atoms with Gasteiger partial charge in [-0.3, -0.25) is 9.78 Å². The molecule has 1 aromatic carbocycles. The Labute approximate surface area is 139 Å². The highest BCUT2D eigenvalue weighted by Gasteiger charge is 2.11. The van der Waals surface area contributed by atoms with E-state index in [4.69, 9.17) is 0 Å². The Kier molecular flexibility index (Phi) is 5.55. The summed E-state index contributed by atoms with van der Waals surface area (Å²) >= 11 is 3.46. The van der Waals surface area contributed by atoms with Gasteiger partial charge in [0.05, 0.1) is 5.69 Å². The first kappa shape index (κ1) is 16.5. The number of carbonyl (C=O) groups is 1. The van der Waals surface area contributed by atoms with Crippen molar-refractivity contribution in [2.24, 2.45) is 0 Å². The minimum Gasteiger partial charge on any atom is -0.382 e. The van der Waals surface area contributed by atoms with Gasteiger partial charge in [-0.2, -0.15) is 0 Å². The maximum absolute atomic E-state index is 12.3. The van der Waals surface area contributed by atoms with Gasteiger partial charge in [-0.05, 0) is 66.0 Å². The first-order valence-electron chi connectivity index (χ1n) is 7.29. The van der Waals surface area contributed by atoms with Crippen molar-refractivity contribution in [3.05, 3.63) is 52.3 Å². The topological polar surface area (TPSA) is 54.0 Å². The molecule has 5 heteroatoms. The molecular weight excluding hydrogens is 342 g/mol. The van der Waals surface area contributed by atoms with Gasteiger partial charge in [0.1, 0.15) is 5.69 Å². The fourth-order valence-corrected chi connectivity index (χ4v) is 2.53. The lowest BCUT2D eigenvalue weighted by molar-refractivity contribution is 0.102. The number of benzene rings is 1. The number of carbonyl (C=O) groups excluding carboxylic acids is 1. The summed E-state index contributed by atoms with van der Waals surface area (Å²) in [6, 6.07) is 9.77. The molecule has 0 radical (unpaired) electrons. The molecule has 2 aromatic rings. The Hall–Kier alpha value is -1.88. The highest BCUT2D eigenvalue weighted by Crippen LogP contribution is 2.24. The summed E-state index contributed by atoms with van der Waals surface area (Å²) in [7, 11) is 0. The molecule has 0 saturated carbocycles. The molecule has 1 unspecified atom stereocenters. The number of anilines is 2. The molecule has 0 fully saturated rings. The molecule has 0 aliphatic rings. The molecule has 2 N–H and O–H groups in total. The summed E-state index contributed by atoms with van der Waals surface area (Å²) in [5.74, 6) is -0.225. The maximum atomic E-state index is 12.3. The number of rotatable bonds is 5. The van der Waals surface area contributed by atoms with Crippen LogP contribution < -0.4 is 10.6 Å². The van der Waals surface area contributed by atoms with Gasteiger partial charge in [-0.25, -0.2) is 0 Å². The number of aromatic nitrogens is 1. The average molecular weight is 362 g/mol. The number of amides is 1. The molecule has 22 heavy (non-hydrogen) atoms. The third-order valence-corrected chi connectivity index (χ3v) is 4.05. The monoisotopic (exact) mass is 361 g/mol. The van der Waals surface area contributed by atoms with Crippen molar-refractivity contribution in [1.29, 1.82) is 0 Å². The molecule has 1 atom stereocenters. The first-order valence-corrected chi connectivity index (χ1v) is 8.09. The van der Waals surface area contributed by atoms with Crippen LogP contribution in [0.15, 0.2) is 41.0 Å². The second-order valence-electron chi connectivity index (χ2n) is 5.32. The Morgan fingerprint density at radius 3 is 2.77 bits per heavy atom. The molecule has 4 nitrogen and oxygen atoms in total. The zero-order valence-corrected chi connectivity index (χ0v) is 14.6. The van der Waals surface area contributed by atoms with Crippen LogP contribution in [0.4, 0.5) is 11.4 Å². The summed E-state index contributed by atoms with van der Waals surface area (Å²) in [6.45, 7) is 6.22. The highest BCUT2D eigenvalue weighted by atomic mass is 79.9. The van der Waals surface area contributed by atoms with E-state index in [1.54, 1.807) is 12.3 Å². The van der Waals surface area contributed by atoms with Crippen molar-refractivity contribution < 1.29 is 4.79 Å². The second-order valence-corrected chi connectivity index (χ2v) is 6.18. The summed E-state index contributed by atoms with van der Waals surface area (Å²) < 4.78 is 0.856. The third kappa shape index (κ3) is 4.31. The van der Waals surface area contributed by atoms with E-state index in [0.29, 0.717) is 11.7 Å². The predicted octanol–water partition coefficient (Wildman–Crippen LogP) is 4.62. The lowest BCUT2D eigenvalue weighted by Crippen LogP contribution is -2.16. The van der Waals surface area contributed by atoms with Gasteiger partial charge in [-0.1, -0.05) is 13.0 Å². The fraction of sp³-hybridized carbons (Fsp3) is 0.294. The maximum Gasteiger partial charge on any atom is 0.274 e. The third-order valence-electron chi connectivity index (χ3n) is 3.39. The summed E-state index contributed by atoms with van der Waals surface area (Å²) in [4.78, 5) is 16.5. The summed E-state index contributed by atoms with van der Waals surface area (Å²) in [6.07, 6.45) is 2.66. The van der Waals surface area contributed by atoms with Crippen LogP contribution in [0, 0.1) is 6.92 Å². The fourth-order valence-electron chi connectivity index (χ4n) is 1.94. The van der Waals surface area contributed by atoms with Crippen LogP contribution in [0.5, 0.6) is 0 Å². The Morgan fingerprint density at radius 2 is 2.09 bits per heavy atom. The van der Waals surface area contributed by atoms with Crippen molar-refractivity contribution in [3.63, 3.8) is 0 Å². The summed E-state index contributed by atoms with van der Waals surface area (Å²) in [5.41, 5.74) is 3.15.